The number of hydrogen-bond donors (Lipinski definition) is 1. The molecule has 0 saturated carbocycles. The Bertz CT molecular complexity index is 1010. The van der Waals surface area contributed by atoms with Crippen LogP contribution < -0.4 is 5.56 Å². The van der Waals surface area contributed by atoms with Crippen LogP contribution in [0.2, 0.25) is 0 Å². The van der Waals surface area contributed by atoms with Gasteiger partial charge in [-0.2, -0.15) is 0 Å². The number of amides is 1. The Hall–Kier alpha value is -2.89. The van der Waals surface area contributed by atoms with Gasteiger partial charge in [-0.25, -0.2) is 4.98 Å². The van der Waals surface area contributed by atoms with E-state index in [0.29, 0.717) is 35.6 Å². The highest BCUT2D eigenvalue weighted by atomic mass is 16.2. The summed E-state index contributed by atoms with van der Waals surface area (Å²) in [6.45, 7) is 3.24. The van der Waals surface area contributed by atoms with Gasteiger partial charge in [0.05, 0.1) is 10.9 Å². The van der Waals surface area contributed by atoms with Crippen LogP contribution in [0.3, 0.4) is 0 Å². The fourth-order valence-corrected chi connectivity index (χ4v) is 3.86. The van der Waals surface area contributed by atoms with Gasteiger partial charge in [-0.15, -0.1) is 0 Å². The van der Waals surface area contributed by atoms with Crippen molar-refractivity contribution in [1.29, 1.82) is 0 Å². The third-order valence-corrected chi connectivity index (χ3v) is 5.23. The fourth-order valence-electron chi connectivity index (χ4n) is 3.86. The van der Waals surface area contributed by atoms with Gasteiger partial charge in [0.15, 0.2) is 5.65 Å². The number of rotatable bonds is 2. The molecule has 1 fully saturated rings. The first-order chi connectivity index (χ1) is 12.5. The lowest BCUT2D eigenvalue weighted by atomic mass is 9.89. The molecule has 1 N–H and O–H groups in total. The smallest absolute Gasteiger partial charge is 0.274 e. The highest BCUT2D eigenvalue weighted by Gasteiger charge is 2.27. The Morgan fingerprint density at radius 3 is 2.58 bits per heavy atom. The molecule has 0 unspecified atom stereocenters. The van der Waals surface area contributed by atoms with Crippen LogP contribution in [0.5, 0.6) is 0 Å². The topological polar surface area (TPSA) is 71.0 Å². The van der Waals surface area contributed by atoms with Crippen LogP contribution in [0.25, 0.3) is 11.0 Å². The van der Waals surface area contributed by atoms with Gasteiger partial charge in [-0.3, -0.25) is 19.4 Å². The molecular weight excluding hydrogens is 328 g/mol. The van der Waals surface area contributed by atoms with Gasteiger partial charge >= 0.3 is 0 Å². The number of benzene rings is 1. The molecule has 0 radical (unpaired) electrons. The number of carbonyl (C=O) groups is 1. The number of fused-ring (bicyclic) bond motifs is 1. The maximum atomic E-state index is 13.1. The number of aromatic amines is 1. The Kier molecular flexibility index (Phi) is 4.11. The SMILES string of the molecule is Cc1cc(C(=O)N2CCC(c3ccccc3)CC2)c2c(=O)[nH]n(C)c2n1. The summed E-state index contributed by atoms with van der Waals surface area (Å²) in [4.78, 5) is 31.6. The van der Waals surface area contributed by atoms with E-state index in [0.717, 1.165) is 18.5 Å². The van der Waals surface area contributed by atoms with Gasteiger partial charge in [0.1, 0.15) is 0 Å². The van der Waals surface area contributed by atoms with Gasteiger partial charge in [-0.1, -0.05) is 30.3 Å². The maximum Gasteiger partial charge on any atom is 0.274 e. The average Bonchev–Trinajstić information content (AvgIpc) is 2.95. The third-order valence-electron chi connectivity index (χ3n) is 5.23. The van der Waals surface area contributed by atoms with Crippen molar-refractivity contribution in [2.45, 2.75) is 25.7 Å². The highest BCUT2D eigenvalue weighted by Crippen LogP contribution is 2.29. The molecular formula is C20H22N4O2. The zero-order valence-corrected chi connectivity index (χ0v) is 15.0. The van der Waals surface area contributed by atoms with E-state index in [1.807, 2.05) is 17.9 Å². The first-order valence-electron chi connectivity index (χ1n) is 8.95. The predicted molar refractivity (Wildman–Crippen MR) is 100 cm³/mol. The van der Waals surface area contributed by atoms with Crippen LogP contribution in [0.4, 0.5) is 0 Å². The van der Waals surface area contributed by atoms with E-state index in [1.54, 1.807) is 17.8 Å². The number of likely N-dealkylation sites (tertiary alicyclic amines) is 1. The van der Waals surface area contributed by atoms with Crippen LogP contribution in [0.1, 0.15) is 40.4 Å². The number of aromatic nitrogens is 3. The maximum absolute atomic E-state index is 13.1. The first kappa shape index (κ1) is 16.6. The summed E-state index contributed by atoms with van der Waals surface area (Å²) in [5.74, 6) is 0.406. The van der Waals surface area contributed by atoms with Crippen molar-refractivity contribution in [2.75, 3.05) is 13.1 Å². The molecule has 1 aromatic carbocycles. The van der Waals surface area contributed by atoms with E-state index in [1.165, 1.54) is 5.56 Å². The Balaban J connectivity index is 1.60. The molecule has 3 aromatic rings. The molecule has 6 heteroatoms. The molecule has 1 aliphatic heterocycles. The van der Waals surface area contributed by atoms with E-state index in [4.69, 9.17) is 0 Å². The highest BCUT2D eigenvalue weighted by molar-refractivity contribution is 6.05. The quantitative estimate of drug-likeness (QED) is 0.772. The lowest BCUT2D eigenvalue weighted by Crippen LogP contribution is -2.38. The molecule has 2 aromatic heterocycles. The molecule has 134 valence electrons. The standard InChI is InChI=1S/C20H22N4O2/c1-13-12-16(17-18(21-13)23(2)22-19(17)25)20(26)24-10-8-15(9-11-24)14-6-4-3-5-7-14/h3-7,12,15H,8-11H2,1-2H3,(H,22,25). The zero-order valence-electron chi connectivity index (χ0n) is 15.0. The normalized spacial score (nSPS) is 15.5. The van der Waals surface area contributed by atoms with Crippen molar-refractivity contribution in [3.63, 3.8) is 0 Å². The molecule has 4 rings (SSSR count). The number of aryl methyl sites for hydroxylation is 2. The molecule has 6 nitrogen and oxygen atoms in total. The van der Waals surface area contributed by atoms with Gasteiger partial charge in [0.25, 0.3) is 11.5 Å². The van der Waals surface area contributed by atoms with Crippen LogP contribution in [-0.2, 0) is 7.05 Å². The molecule has 1 aliphatic rings. The largest absolute Gasteiger partial charge is 0.339 e. The van der Waals surface area contributed by atoms with E-state index in [-0.39, 0.29) is 11.5 Å². The molecule has 0 atom stereocenters. The number of H-pyrrole nitrogens is 1. The summed E-state index contributed by atoms with van der Waals surface area (Å²) in [5.41, 5.74) is 2.78. The average molecular weight is 350 g/mol. The number of hydrogen-bond acceptors (Lipinski definition) is 3. The second kappa shape index (κ2) is 6.44. The van der Waals surface area contributed by atoms with E-state index >= 15 is 0 Å². The second-order valence-electron chi connectivity index (χ2n) is 6.99. The second-order valence-corrected chi connectivity index (χ2v) is 6.99. The van der Waals surface area contributed by atoms with Crippen molar-refractivity contribution in [1.82, 2.24) is 19.7 Å². The van der Waals surface area contributed by atoms with E-state index < -0.39 is 0 Å². The van der Waals surface area contributed by atoms with E-state index in [9.17, 15) is 9.59 Å². The van der Waals surface area contributed by atoms with Gasteiger partial charge < -0.3 is 4.90 Å². The van der Waals surface area contributed by atoms with Crippen LogP contribution in [0, 0.1) is 6.92 Å². The number of nitrogens with zero attached hydrogens (tertiary/aromatic N) is 3. The van der Waals surface area contributed by atoms with Crippen LogP contribution in [0.15, 0.2) is 41.2 Å². The lowest BCUT2D eigenvalue weighted by Gasteiger charge is -2.32. The first-order valence-corrected chi connectivity index (χ1v) is 8.95. The summed E-state index contributed by atoms with van der Waals surface area (Å²) >= 11 is 0. The molecule has 1 saturated heterocycles. The fraction of sp³-hybridized carbons (Fsp3) is 0.350. The van der Waals surface area contributed by atoms with Crippen molar-refractivity contribution in [3.05, 3.63) is 63.6 Å². The molecule has 0 spiro atoms. The molecule has 0 bridgehead atoms. The Morgan fingerprint density at radius 2 is 1.88 bits per heavy atom. The van der Waals surface area contributed by atoms with E-state index in [2.05, 4.69) is 34.3 Å². The van der Waals surface area contributed by atoms with Crippen molar-refractivity contribution in [2.24, 2.45) is 7.05 Å². The monoisotopic (exact) mass is 350 g/mol. The van der Waals surface area contributed by atoms with Crippen molar-refractivity contribution in [3.8, 4) is 0 Å². The number of nitrogens with one attached hydrogen (secondary N) is 1. The number of pyridine rings is 1. The summed E-state index contributed by atoms with van der Waals surface area (Å²) in [5, 5.41) is 3.08. The van der Waals surface area contributed by atoms with Crippen molar-refractivity contribution >= 4 is 16.9 Å². The summed E-state index contributed by atoms with van der Waals surface area (Å²) < 4.78 is 1.57. The summed E-state index contributed by atoms with van der Waals surface area (Å²) in [6.07, 6.45) is 1.88. The third kappa shape index (κ3) is 2.81. The molecule has 26 heavy (non-hydrogen) atoms. The summed E-state index contributed by atoms with van der Waals surface area (Å²) in [7, 11) is 1.73. The van der Waals surface area contributed by atoms with Gasteiger partial charge in [-0.05, 0) is 37.3 Å². The Labute approximate surface area is 151 Å². The minimum absolute atomic E-state index is 0.0799. The number of piperidine rings is 1. The molecule has 1 amide bonds. The summed E-state index contributed by atoms with van der Waals surface area (Å²) in [6, 6.07) is 12.2. The van der Waals surface area contributed by atoms with Crippen LogP contribution >= 0.6 is 0 Å². The molecule has 0 aliphatic carbocycles. The lowest BCUT2D eigenvalue weighted by molar-refractivity contribution is 0.0714. The minimum atomic E-state index is -0.266. The molecule has 3 heterocycles. The minimum Gasteiger partial charge on any atom is -0.339 e. The number of carbonyl (C=O) groups excluding carboxylic acids is 1. The van der Waals surface area contributed by atoms with Crippen LogP contribution in [-0.4, -0.2) is 38.7 Å². The Morgan fingerprint density at radius 1 is 1.19 bits per heavy atom. The van der Waals surface area contributed by atoms with Crippen molar-refractivity contribution < 1.29 is 4.79 Å². The predicted octanol–water partition coefficient (Wildman–Crippen LogP) is 2.59. The van der Waals surface area contributed by atoms with Gasteiger partial charge in [0.2, 0.25) is 0 Å². The zero-order chi connectivity index (χ0) is 18.3. The van der Waals surface area contributed by atoms with Gasteiger partial charge in [0, 0.05) is 25.8 Å².